The normalized spacial score (nSPS) is 10.4. The van der Waals surface area contributed by atoms with E-state index in [1.54, 1.807) is 12.1 Å². The summed E-state index contributed by atoms with van der Waals surface area (Å²) in [7, 11) is 0. The number of hydrogen-bond donors (Lipinski definition) is 2. The minimum Gasteiger partial charge on any atom is -0.491 e. The number of carbonyl (C=O) groups is 2. The number of halogens is 1. The zero-order valence-corrected chi connectivity index (χ0v) is 16.0. The predicted molar refractivity (Wildman–Crippen MR) is 102 cm³/mol. The molecule has 0 aliphatic carbocycles. The van der Waals surface area contributed by atoms with Crippen molar-refractivity contribution in [3.8, 4) is 5.75 Å². The Morgan fingerprint density at radius 1 is 1.12 bits per heavy atom. The third kappa shape index (κ3) is 5.60. The lowest BCUT2D eigenvalue weighted by Crippen LogP contribution is -2.35. The van der Waals surface area contributed by atoms with Gasteiger partial charge < -0.3 is 15.4 Å². The third-order valence-electron chi connectivity index (χ3n) is 3.42. The molecule has 5 nitrogen and oxygen atoms in total. The van der Waals surface area contributed by atoms with Gasteiger partial charge >= 0.3 is 11.8 Å². The summed E-state index contributed by atoms with van der Waals surface area (Å²) in [5.74, 6) is -0.698. The van der Waals surface area contributed by atoms with E-state index in [1.165, 1.54) is 0 Å². The molecule has 2 N–H and O–H groups in total. The first kappa shape index (κ1) is 19.0. The smallest absolute Gasteiger partial charge is 0.313 e. The first-order valence-electron chi connectivity index (χ1n) is 7.96. The molecule has 0 spiro atoms. The first-order chi connectivity index (χ1) is 11.9. The summed E-state index contributed by atoms with van der Waals surface area (Å²) in [6.07, 6.45) is 0.0283. The van der Waals surface area contributed by atoms with Crippen LogP contribution in [0, 0.1) is 6.92 Å². The highest BCUT2D eigenvalue weighted by molar-refractivity contribution is 9.10. The molecule has 0 saturated heterocycles. The summed E-state index contributed by atoms with van der Waals surface area (Å²) < 4.78 is 6.62. The SMILES string of the molecule is Cc1cc(Br)ccc1NC(=O)C(=O)NCc1ccccc1OC(C)C. The number of benzene rings is 2. The molecule has 25 heavy (non-hydrogen) atoms. The molecule has 0 fully saturated rings. The lowest BCUT2D eigenvalue weighted by molar-refractivity contribution is -0.136. The van der Waals surface area contributed by atoms with Crippen LogP contribution < -0.4 is 15.4 Å². The largest absolute Gasteiger partial charge is 0.491 e. The number of anilines is 1. The van der Waals surface area contributed by atoms with E-state index in [0.29, 0.717) is 11.4 Å². The van der Waals surface area contributed by atoms with Crippen LogP contribution in [0.15, 0.2) is 46.9 Å². The Morgan fingerprint density at radius 3 is 2.52 bits per heavy atom. The maximum absolute atomic E-state index is 12.1. The van der Waals surface area contributed by atoms with E-state index >= 15 is 0 Å². The highest BCUT2D eigenvalue weighted by Gasteiger charge is 2.15. The van der Waals surface area contributed by atoms with Gasteiger partial charge in [0.05, 0.1) is 6.10 Å². The van der Waals surface area contributed by atoms with Crippen LogP contribution in [0.2, 0.25) is 0 Å². The fourth-order valence-electron chi connectivity index (χ4n) is 2.22. The van der Waals surface area contributed by atoms with Crippen molar-refractivity contribution in [1.29, 1.82) is 0 Å². The zero-order chi connectivity index (χ0) is 18.4. The van der Waals surface area contributed by atoms with Crippen LogP contribution in [0.5, 0.6) is 5.75 Å². The van der Waals surface area contributed by atoms with Crippen LogP contribution in [0.4, 0.5) is 5.69 Å². The number of ether oxygens (including phenoxy) is 1. The Hall–Kier alpha value is -2.34. The Kier molecular flexibility index (Phi) is 6.58. The molecule has 0 bridgehead atoms. The standard InChI is InChI=1S/C19H21BrN2O3/c1-12(2)25-17-7-5-4-6-14(17)11-21-18(23)19(24)22-16-9-8-15(20)10-13(16)3/h4-10,12H,11H2,1-3H3,(H,21,23)(H,22,24). The topological polar surface area (TPSA) is 67.4 Å². The monoisotopic (exact) mass is 404 g/mol. The minimum atomic E-state index is -0.701. The van der Waals surface area contributed by atoms with Gasteiger partial charge in [-0.3, -0.25) is 9.59 Å². The summed E-state index contributed by atoms with van der Waals surface area (Å²) in [6, 6.07) is 12.8. The number of carbonyl (C=O) groups excluding carboxylic acids is 2. The van der Waals surface area contributed by atoms with E-state index in [4.69, 9.17) is 4.74 Å². The summed E-state index contributed by atoms with van der Waals surface area (Å²) in [5, 5.41) is 5.24. The minimum absolute atomic E-state index is 0.0283. The van der Waals surface area contributed by atoms with Crippen molar-refractivity contribution in [1.82, 2.24) is 5.32 Å². The van der Waals surface area contributed by atoms with Gasteiger partial charge in [-0.05, 0) is 50.6 Å². The number of rotatable bonds is 5. The van der Waals surface area contributed by atoms with Crippen molar-refractivity contribution in [2.24, 2.45) is 0 Å². The Morgan fingerprint density at radius 2 is 1.84 bits per heavy atom. The Labute approximate surface area is 155 Å². The highest BCUT2D eigenvalue weighted by Crippen LogP contribution is 2.20. The Balaban J connectivity index is 1.97. The van der Waals surface area contributed by atoms with Gasteiger partial charge in [-0.25, -0.2) is 0 Å². The Bertz CT molecular complexity index is 775. The van der Waals surface area contributed by atoms with Crippen molar-refractivity contribution in [3.63, 3.8) is 0 Å². The van der Waals surface area contributed by atoms with Crippen LogP contribution in [0.25, 0.3) is 0 Å². The molecule has 0 atom stereocenters. The molecule has 0 saturated carbocycles. The van der Waals surface area contributed by atoms with Gasteiger partial charge in [0.1, 0.15) is 5.75 Å². The molecule has 6 heteroatoms. The molecular weight excluding hydrogens is 384 g/mol. The molecule has 2 amide bonds. The first-order valence-corrected chi connectivity index (χ1v) is 8.76. The van der Waals surface area contributed by atoms with Crippen LogP contribution in [0.3, 0.4) is 0 Å². The van der Waals surface area contributed by atoms with Crippen molar-refractivity contribution in [2.75, 3.05) is 5.32 Å². The fourth-order valence-corrected chi connectivity index (χ4v) is 2.70. The molecule has 2 aromatic carbocycles. The lowest BCUT2D eigenvalue weighted by atomic mass is 10.2. The second-order valence-electron chi connectivity index (χ2n) is 5.87. The third-order valence-corrected chi connectivity index (χ3v) is 3.91. The molecule has 2 aromatic rings. The van der Waals surface area contributed by atoms with E-state index in [1.807, 2.05) is 51.1 Å². The summed E-state index contributed by atoms with van der Waals surface area (Å²) in [5.41, 5.74) is 2.29. The number of hydrogen-bond acceptors (Lipinski definition) is 3. The van der Waals surface area contributed by atoms with Gasteiger partial charge in [0.15, 0.2) is 0 Å². The molecule has 0 unspecified atom stereocenters. The van der Waals surface area contributed by atoms with Gasteiger partial charge in [-0.1, -0.05) is 34.1 Å². The van der Waals surface area contributed by atoms with Crippen molar-refractivity contribution < 1.29 is 14.3 Å². The molecule has 2 rings (SSSR count). The highest BCUT2D eigenvalue weighted by atomic mass is 79.9. The lowest BCUT2D eigenvalue weighted by Gasteiger charge is -2.14. The van der Waals surface area contributed by atoms with E-state index in [-0.39, 0.29) is 12.6 Å². The predicted octanol–water partition coefficient (Wildman–Crippen LogP) is 3.80. The van der Waals surface area contributed by atoms with E-state index < -0.39 is 11.8 Å². The maximum Gasteiger partial charge on any atom is 0.313 e. The van der Waals surface area contributed by atoms with Crippen molar-refractivity contribution >= 4 is 33.4 Å². The molecule has 0 radical (unpaired) electrons. The average Bonchev–Trinajstić information content (AvgIpc) is 2.55. The van der Waals surface area contributed by atoms with Crippen LogP contribution >= 0.6 is 15.9 Å². The van der Waals surface area contributed by atoms with E-state index in [2.05, 4.69) is 26.6 Å². The van der Waals surface area contributed by atoms with Crippen molar-refractivity contribution in [2.45, 2.75) is 33.4 Å². The zero-order valence-electron chi connectivity index (χ0n) is 14.4. The fraction of sp³-hybridized carbons (Fsp3) is 0.263. The summed E-state index contributed by atoms with van der Waals surface area (Å²) in [6.45, 7) is 5.94. The molecule has 0 aliphatic heterocycles. The van der Waals surface area contributed by atoms with Gasteiger partial charge in [-0.2, -0.15) is 0 Å². The van der Waals surface area contributed by atoms with Gasteiger partial charge in [-0.15, -0.1) is 0 Å². The maximum atomic E-state index is 12.1. The molecule has 0 heterocycles. The second-order valence-corrected chi connectivity index (χ2v) is 6.79. The summed E-state index contributed by atoms with van der Waals surface area (Å²) >= 11 is 3.36. The summed E-state index contributed by atoms with van der Waals surface area (Å²) in [4.78, 5) is 24.1. The quantitative estimate of drug-likeness (QED) is 0.744. The number of amides is 2. The van der Waals surface area contributed by atoms with Crippen LogP contribution in [0.1, 0.15) is 25.0 Å². The second kappa shape index (κ2) is 8.67. The number of nitrogens with one attached hydrogen (secondary N) is 2. The molecular formula is C19H21BrN2O3. The van der Waals surface area contributed by atoms with E-state index in [9.17, 15) is 9.59 Å². The van der Waals surface area contributed by atoms with Crippen LogP contribution in [-0.2, 0) is 16.1 Å². The number of aryl methyl sites for hydroxylation is 1. The molecule has 0 aromatic heterocycles. The van der Waals surface area contributed by atoms with Gasteiger partial charge in [0.25, 0.3) is 0 Å². The average molecular weight is 405 g/mol. The molecule has 0 aliphatic rings. The van der Waals surface area contributed by atoms with Crippen LogP contribution in [-0.4, -0.2) is 17.9 Å². The van der Waals surface area contributed by atoms with E-state index in [0.717, 1.165) is 15.6 Å². The van der Waals surface area contributed by atoms with Gasteiger partial charge in [0.2, 0.25) is 0 Å². The van der Waals surface area contributed by atoms with Crippen molar-refractivity contribution in [3.05, 3.63) is 58.1 Å². The number of para-hydroxylation sites is 1. The molecule has 132 valence electrons. The van der Waals surface area contributed by atoms with Gasteiger partial charge in [0, 0.05) is 22.3 Å².